The zero-order chi connectivity index (χ0) is 11.7. The molecule has 0 radical (unpaired) electrons. The molecule has 0 spiro atoms. The average Bonchev–Trinajstić information content (AvgIpc) is 2.15. The highest BCUT2D eigenvalue weighted by Crippen LogP contribution is 2.10. The van der Waals surface area contributed by atoms with Crippen molar-refractivity contribution in [3.8, 4) is 0 Å². The summed E-state index contributed by atoms with van der Waals surface area (Å²) in [6.45, 7) is 4.14. The molecule has 0 aromatic heterocycles. The monoisotopic (exact) mass is 239 g/mol. The molecule has 0 fully saturated rings. The van der Waals surface area contributed by atoms with E-state index in [1.807, 2.05) is 0 Å². The van der Waals surface area contributed by atoms with Gasteiger partial charge < -0.3 is 0 Å². The first-order valence-corrected chi connectivity index (χ1v) is 7.28. The third-order valence-electron chi connectivity index (χ3n) is 2.18. The lowest BCUT2D eigenvalue weighted by Crippen LogP contribution is -2.27. The minimum absolute atomic E-state index is 0.103. The maximum Gasteiger partial charge on any atom is 0.211 e. The lowest BCUT2D eigenvalue weighted by molar-refractivity contribution is 0.297. The van der Waals surface area contributed by atoms with E-state index in [1.54, 1.807) is 6.92 Å². The second-order valence-electron chi connectivity index (χ2n) is 3.70. The van der Waals surface area contributed by atoms with E-state index in [9.17, 15) is 12.8 Å². The molecule has 0 aliphatic heterocycles. The van der Waals surface area contributed by atoms with Gasteiger partial charge in [0.05, 0.1) is 5.75 Å². The Morgan fingerprint density at radius 2 is 1.87 bits per heavy atom. The number of sulfonamides is 1. The third kappa shape index (κ3) is 8.81. The van der Waals surface area contributed by atoms with Gasteiger partial charge >= 0.3 is 0 Å². The van der Waals surface area contributed by atoms with E-state index in [2.05, 4.69) is 11.6 Å². The molecule has 0 bridgehead atoms. The fourth-order valence-electron chi connectivity index (χ4n) is 1.34. The van der Waals surface area contributed by atoms with E-state index in [1.165, 1.54) is 0 Å². The minimum atomic E-state index is -3.25. The molecule has 5 heteroatoms. The molecule has 0 aromatic carbocycles. The van der Waals surface area contributed by atoms with Crippen molar-refractivity contribution in [1.82, 2.24) is 4.72 Å². The predicted molar refractivity (Wildman–Crippen MR) is 61.1 cm³/mol. The Morgan fingerprint density at radius 1 is 1.20 bits per heavy atom. The van der Waals surface area contributed by atoms with Crippen LogP contribution in [0.5, 0.6) is 0 Å². The van der Waals surface area contributed by atoms with Crippen LogP contribution in [0.1, 0.15) is 46.0 Å². The third-order valence-corrected chi connectivity index (χ3v) is 3.69. The minimum Gasteiger partial charge on any atom is -0.247 e. The summed E-state index contributed by atoms with van der Waals surface area (Å²) in [5, 5.41) is 0. The van der Waals surface area contributed by atoms with Crippen molar-refractivity contribution < 1.29 is 12.8 Å². The second-order valence-corrected chi connectivity index (χ2v) is 5.62. The maximum atomic E-state index is 13.2. The summed E-state index contributed by atoms with van der Waals surface area (Å²) in [5.74, 6) is -0.103. The summed E-state index contributed by atoms with van der Waals surface area (Å²) in [4.78, 5) is 0. The summed E-state index contributed by atoms with van der Waals surface area (Å²) < 4.78 is 37.9. The fraction of sp³-hybridized carbons (Fsp3) is 1.00. The van der Waals surface area contributed by atoms with Crippen molar-refractivity contribution >= 4 is 10.0 Å². The number of hydrogen-bond acceptors (Lipinski definition) is 2. The van der Waals surface area contributed by atoms with Crippen LogP contribution in [0.2, 0.25) is 0 Å². The largest absolute Gasteiger partial charge is 0.247 e. The van der Waals surface area contributed by atoms with Crippen LogP contribution in [0.3, 0.4) is 0 Å². The van der Waals surface area contributed by atoms with Gasteiger partial charge in [-0.25, -0.2) is 17.5 Å². The summed E-state index contributed by atoms with van der Waals surface area (Å²) in [5.41, 5.74) is 0. The van der Waals surface area contributed by atoms with Crippen LogP contribution in [0.4, 0.5) is 4.39 Å². The highest BCUT2D eigenvalue weighted by Gasteiger charge is 2.13. The maximum absolute atomic E-state index is 13.2. The van der Waals surface area contributed by atoms with Gasteiger partial charge in [-0.3, -0.25) is 0 Å². The Kier molecular flexibility index (Phi) is 7.96. The first kappa shape index (κ1) is 14.8. The quantitative estimate of drug-likeness (QED) is 0.627. The average molecular weight is 239 g/mol. The zero-order valence-electron chi connectivity index (χ0n) is 9.63. The van der Waals surface area contributed by atoms with Crippen LogP contribution in [0, 0.1) is 0 Å². The van der Waals surface area contributed by atoms with E-state index >= 15 is 0 Å². The molecule has 0 rings (SSSR count). The van der Waals surface area contributed by atoms with Gasteiger partial charge in [-0.1, -0.05) is 33.1 Å². The Hall–Kier alpha value is -0.160. The number of nitrogens with one attached hydrogen (secondary N) is 1. The molecule has 1 atom stereocenters. The molecule has 0 saturated carbocycles. The van der Waals surface area contributed by atoms with E-state index in [4.69, 9.17) is 0 Å². The van der Waals surface area contributed by atoms with Crippen LogP contribution in [0.15, 0.2) is 0 Å². The van der Waals surface area contributed by atoms with Gasteiger partial charge in [-0.2, -0.15) is 0 Å². The lowest BCUT2D eigenvalue weighted by atomic mass is 10.1. The molecule has 0 aromatic rings. The Labute approximate surface area is 92.5 Å². The summed E-state index contributed by atoms with van der Waals surface area (Å²) in [7, 11) is -3.25. The van der Waals surface area contributed by atoms with Crippen molar-refractivity contribution in [3.05, 3.63) is 0 Å². The number of halogens is 1. The van der Waals surface area contributed by atoms with Crippen LogP contribution in [0.25, 0.3) is 0 Å². The van der Waals surface area contributed by atoms with Crippen molar-refractivity contribution in [2.45, 2.75) is 52.1 Å². The van der Waals surface area contributed by atoms with Gasteiger partial charge in [0, 0.05) is 6.54 Å². The molecule has 92 valence electrons. The van der Waals surface area contributed by atoms with Crippen LogP contribution in [-0.2, 0) is 10.0 Å². The van der Waals surface area contributed by atoms with Gasteiger partial charge in [-0.05, 0) is 12.8 Å². The van der Waals surface area contributed by atoms with Crippen molar-refractivity contribution in [2.24, 2.45) is 0 Å². The molecular weight excluding hydrogens is 217 g/mol. The van der Waals surface area contributed by atoms with Gasteiger partial charge in [0.2, 0.25) is 10.0 Å². The molecule has 0 aliphatic carbocycles. The first-order chi connectivity index (χ1) is 7.02. The van der Waals surface area contributed by atoms with Gasteiger partial charge in [0.1, 0.15) is 6.17 Å². The van der Waals surface area contributed by atoms with E-state index in [0.717, 1.165) is 19.3 Å². The number of alkyl halides is 1. The lowest BCUT2D eigenvalue weighted by Gasteiger charge is -2.08. The van der Waals surface area contributed by atoms with Crippen LogP contribution in [-0.4, -0.2) is 26.9 Å². The fourth-order valence-corrected chi connectivity index (χ4v) is 2.49. The van der Waals surface area contributed by atoms with E-state index in [-0.39, 0.29) is 12.2 Å². The molecular formula is C10H22FNO2S. The topological polar surface area (TPSA) is 46.2 Å². The van der Waals surface area contributed by atoms with E-state index in [0.29, 0.717) is 13.0 Å². The standard InChI is InChI=1S/C10H22FNO2S/c1-3-5-6-7-10(11)8-9-15(13,14)12-4-2/h10,12H,3-9H2,1-2H3. The highest BCUT2D eigenvalue weighted by atomic mass is 32.2. The number of hydrogen-bond donors (Lipinski definition) is 1. The van der Waals surface area contributed by atoms with Crippen LogP contribution < -0.4 is 4.72 Å². The smallest absolute Gasteiger partial charge is 0.211 e. The summed E-state index contributed by atoms with van der Waals surface area (Å²) >= 11 is 0. The molecule has 1 N–H and O–H groups in total. The molecule has 0 amide bonds. The molecule has 3 nitrogen and oxygen atoms in total. The van der Waals surface area contributed by atoms with Crippen molar-refractivity contribution in [2.75, 3.05) is 12.3 Å². The summed E-state index contributed by atoms with van der Waals surface area (Å²) in [6.07, 6.45) is 2.53. The van der Waals surface area contributed by atoms with Gasteiger partial charge in [-0.15, -0.1) is 0 Å². The highest BCUT2D eigenvalue weighted by molar-refractivity contribution is 7.89. The second kappa shape index (κ2) is 8.05. The molecule has 15 heavy (non-hydrogen) atoms. The normalized spacial score (nSPS) is 14.1. The Balaban J connectivity index is 3.65. The molecule has 0 saturated heterocycles. The summed E-state index contributed by atoms with van der Waals surface area (Å²) in [6, 6.07) is 0. The number of rotatable bonds is 9. The molecule has 0 aliphatic rings. The Morgan fingerprint density at radius 3 is 2.40 bits per heavy atom. The van der Waals surface area contributed by atoms with Crippen LogP contribution >= 0.6 is 0 Å². The zero-order valence-corrected chi connectivity index (χ0v) is 10.4. The first-order valence-electron chi connectivity index (χ1n) is 5.63. The SMILES string of the molecule is CCCCCC(F)CCS(=O)(=O)NCC. The van der Waals surface area contributed by atoms with E-state index < -0.39 is 16.2 Å². The predicted octanol–water partition coefficient (Wildman–Crippen LogP) is 2.23. The van der Waals surface area contributed by atoms with Crippen molar-refractivity contribution in [1.29, 1.82) is 0 Å². The number of unbranched alkanes of at least 4 members (excludes halogenated alkanes) is 2. The van der Waals surface area contributed by atoms with Gasteiger partial charge in [0.25, 0.3) is 0 Å². The molecule has 0 heterocycles. The Bertz CT molecular complexity index is 242. The molecule has 1 unspecified atom stereocenters. The van der Waals surface area contributed by atoms with Gasteiger partial charge in [0.15, 0.2) is 0 Å². The van der Waals surface area contributed by atoms with Crippen molar-refractivity contribution in [3.63, 3.8) is 0 Å².